The number of rotatable bonds is 6. The first kappa shape index (κ1) is 18.3. The number of likely N-dealkylation sites (tertiary alicyclic amines) is 1. The zero-order valence-corrected chi connectivity index (χ0v) is 14.3. The molecular weight excluding hydrogens is 337 g/mol. The van der Waals surface area contributed by atoms with Crippen LogP contribution in [0.3, 0.4) is 0 Å². The smallest absolute Gasteiger partial charge is 0.241 e. The van der Waals surface area contributed by atoms with Gasteiger partial charge in [0.05, 0.1) is 17.5 Å². The van der Waals surface area contributed by atoms with Gasteiger partial charge in [-0.1, -0.05) is 0 Å². The lowest BCUT2D eigenvalue weighted by Gasteiger charge is -2.15. The Balaban J connectivity index is 1.92. The van der Waals surface area contributed by atoms with Crippen LogP contribution >= 0.6 is 0 Å². The minimum Gasteiger partial charge on any atom is -0.350 e. The van der Waals surface area contributed by atoms with Gasteiger partial charge in [-0.3, -0.25) is 9.59 Å². The number of hydrogen-bond donors (Lipinski definition) is 2. The molecule has 1 saturated heterocycles. The first-order valence-electron chi connectivity index (χ1n) is 7.56. The van der Waals surface area contributed by atoms with Gasteiger partial charge >= 0.3 is 0 Å². The number of amides is 2. The van der Waals surface area contributed by atoms with E-state index in [1.165, 1.54) is 6.92 Å². The third-order valence-corrected chi connectivity index (χ3v) is 5.37. The Kier molecular flexibility index (Phi) is 5.55. The molecule has 1 atom stereocenters. The lowest BCUT2D eigenvalue weighted by molar-refractivity contribution is -0.127. The molecule has 1 aliphatic heterocycles. The largest absolute Gasteiger partial charge is 0.350 e. The highest BCUT2D eigenvalue weighted by Crippen LogP contribution is 2.15. The summed E-state index contributed by atoms with van der Waals surface area (Å²) in [5.74, 6) is -1.09. The van der Waals surface area contributed by atoms with Crippen LogP contribution in [0.5, 0.6) is 0 Å². The van der Waals surface area contributed by atoms with E-state index < -0.39 is 28.3 Å². The average molecular weight is 357 g/mol. The standard InChI is InChI=1S/C15H20FN3O4S/c1-3-19-9-12(7-15(19)21)18-14(20)8-17-24(22,23)13-5-4-11(16)6-10(13)2/h4-6,12,17H,3,7-9H2,1-2H3,(H,18,20)/t12-/m0/s1. The number of aryl methyl sites for hydroxylation is 1. The molecule has 2 N–H and O–H groups in total. The van der Waals surface area contributed by atoms with Gasteiger partial charge < -0.3 is 10.2 Å². The van der Waals surface area contributed by atoms with E-state index in [0.29, 0.717) is 13.1 Å². The van der Waals surface area contributed by atoms with Gasteiger partial charge in [0.2, 0.25) is 21.8 Å². The molecule has 2 amide bonds. The van der Waals surface area contributed by atoms with Crippen LogP contribution in [0.2, 0.25) is 0 Å². The van der Waals surface area contributed by atoms with Crippen molar-refractivity contribution in [2.24, 2.45) is 0 Å². The van der Waals surface area contributed by atoms with E-state index in [1.54, 1.807) is 4.90 Å². The first-order valence-corrected chi connectivity index (χ1v) is 9.04. The number of benzene rings is 1. The fourth-order valence-corrected chi connectivity index (χ4v) is 3.81. The van der Waals surface area contributed by atoms with Gasteiger partial charge in [0.1, 0.15) is 5.82 Å². The van der Waals surface area contributed by atoms with Crippen molar-refractivity contribution in [2.75, 3.05) is 19.6 Å². The summed E-state index contributed by atoms with van der Waals surface area (Å²) in [6.07, 6.45) is 0.212. The maximum Gasteiger partial charge on any atom is 0.241 e. The summed E-state index contributed by atoms with van der Waals surface area (Å²) in [6.45, 7) is 3.87. The van der Waals surface area contributed by atoms with Crippen LogP contribution in [0.4, 0.5) is 4.39 Å². The Morgan fingerprint density at radius 3 is 2.71 bits per heavy atom. The fourth-order valence-electron chi connectivity index (χ4n) is 2.61. The van der Waals surface area contributed by atoms with E-state index >= 15 is 0 Å². The van der Waals surface area contributed by atoms with Crippen LogP contribution < -0.4 is 10.0 Å². The minimum absolute atomic E-state index is 0.0367. The number of hydrogen-bond acceptors (Lipinski definition) is 4. The van der Waals surface area contributed by atoms with Crippen LogP contribution in [0.25, 0.3) is 0 Å². The number of halogens is 1. The van der Waals surface area contributed by atoms with Gasteiger partial charge in [-0.2, -0.15) is 0 Å². The Labute approximate surface area is 140 Å². The van der Waals surface area contributed by atoms with E-state index in [9.17, 15) is 22.4 Å². The lowest BCUT2D eigenvalue weighted by Crippen LogP contribution is -2.43. The second-order valence-corrected chi connectivity index (χ2v) is 7.37. The summed E-state index contributed by atoms with van der Waals surface area (Å²) in [5, 5.41) is 2.63. The number of carbonyl (C=O) groups is 2. The monoisotopic (exact) mass is 357 g/mol. The number of sulfonamides is 1. The fraction of sp³-hybridized carbons (Fsp3) is 0.467. The van der Waals surface area contributed by atoms with Crippen molar-refractivity contribution in [1.82, 2.24) is 14.9 Å². The van der Waals surface area contributed by atoms with Crippen molar-refractivity contribution < 1.29 is 22.4 Å². The first-order chi connectivity index (χ1) is 11.2. The maximum absolute atomic E-state index is 13.1. The average Bonchev–Trinajstić information content (AvgIpc) is 2.84. The number of carbonyl (C=O) groups excluding carboxylic acids is 2. The molecule has 0 spiro atoms. The van der Waals surface area contributed by atoms with E-state index in [1.807, 2.05) is 6.92 Å². The highest BCUT2D eigenvalue weighted by atomic mass is 32.2. The molecule has 0 radical (unpaired) electrons. The third-order valence-electron chi connectivity index (χ3n) is 3.81. The topological polar surface area (TPSA) is 95.6 Å². The molecule has 132 valence electrons. The third kappa shape index (κ3) is 4.30. The molecule has 0 saturated carbocycles. The predicted octanol–water partition coefficient (Wildman–Crippen LogP) is 0.149. The molecule has 1 aliphatic rings. The number of nitrogens with zero attached hydrogens (tertiary/aromatic N) is 1. The summed E-state index contributed by atoms with van der Waals surface area (Å²) < 4.78 is 39.6. The van der Waals surface area contributed by atoms with Crippen molar-refractivity contribution in [2.45, 2.75) is 31.2 Å². The molecule has 24 heavy (non-hydrogen) atoms. The Hall–Kier alpha value is -2.00. The molecule has 1 fully saturated rings. The molecule has 1 aromatic carbocycles. The van der Waals surface area contributed by atoms with Crippen LogP contribution in [0, 0.1) is 12.7 Å². The maximum atomic E-state index is 13.1. The van der Waals surface area contributed by atoms with E-state index in [4.69, 9.17) is 0 Å². The Morgan fingerprint density at radius 1 is 1.42 bits per heavy atom. The molecule has 7 nitrogen and oxygen atoms in total. The van der Waals surface area contributed by atoms with Crippen LogP contribution in [0.1, 0.15) is 18.9 Å². The molecule has 0 bridgehead atoms. The molecular formula is C15H20FN3O4S. The van der Waals surface area contributed by atoms with Crippen molar-refractivity contribution in [3.63, 3.8) is 0 Å². The lowest BCUT2D eigenvalue weighted by atomic mass is 10.2. The van der Waals surface area contributed by atoms with E-state index in [-0.39, 0.29) is 28.8 Å². The molecule has 9 heteroatoms. The van der Waals surface area contributed by atoms with Crippen molar-refractivity contribution >= 4 is 21.8 Å². The summed E-state index contributed by atoms with van der Waals surface area (Å²) in [4.78, 5) is 25.0. The van der Waals surface area contributed by atoms with E-state index in [0.717, 1.165) is 18.2 Å². The summed E-state index contributed by atoms with van der Waals surface area (Å²) in [6, 6.07) is 2.99. The quantitative estimate of drug-likeness (QED) is 0.758. The van der Waals surface area contributed by atoms with Gasteiger partial charge in [0, 0.05) is 19.5 Å². The van der Waals surface area contributed by atoms with Gasteiger partial charge in [-0.25, -0.2) is 17.5 Å². The highest BCUT2D eigenvalue weighted by Gasteiger charge is 2.29. The number of nitrogens with one attached hydrogen (secondary N) is 2. The normalized spacial score (nSPS) is 18.0. The van der Waals surface area contributed by atoms with Crippen LogP contribution in [0.15, 0.2) is 23.1 Å². The summed E-state index contributed by atoms with van der Waals surface area (Å²) in [7, 11) is -3.92. The van der Waals surface area contributed by atoms with Crippen LogP contribution in [-0.2, 0) is 19.6 Å². The van der Waals surface area contributed by atoms with Gasteiger partial charge in [-0.15, -0.1) is 0 Å². The SMILES string of the molecule is CCN1C[C@@H](NC(=O)CNS(=O)(=O)c2ccc(F)cc2C)CC1=O. The minimum atomic E-state index is -3.92. The van der Waals surface area contributed by atoms with Crippen molar-refractivity contribution in [3.05, 3.63) is 29.6 Å². The molecule has 1 aromatic rings. The van der Waals surface area contributed by atoms with Gasteiger partial charge in [0.15, 0.2) is 0 Å². The van der Waals surface area contributed by atoms with Crippen molar-refractivity contribution in [3.8, 4) is 0 Å². The number of likely N-dealkylation sites (N-methyl/N-ethyl adjacent to an activating group) is 1. The predicted molar refractivity (Wildman–Crippen MR) is 85.1 cm³/mol. The molecule has 0 unspecified atom stereocenters. The second kappa shape index (κ2) is 7.27. The zero-order chi connectivity index (χ0) is 17.9. The Morgan fingerprint density at radius 2 is 2.12 bits per heavy atom. The van der Waals surface area contributed by atoms with Gasteiger partial charge in [0.25, 0.3) is 0 Å². The molecule has 2 rings (SSSR count). The Bertz CT molecular complexity index is 751. The summed E-state index contributed by atoms with van der Waals surface area (Å²) >= 11 is 0. The molecule has 0 aromatic heterocycles. The second-order valence-electron chi connectivity index (χ2n) is 5.64. The summed E-state index contributed by atoms with van der Waals surface area (Å²) in [5.41, 5.74) is 0.253. The molecule has 0 aliphatic carbocycles. The molecule has 1 heterocycles. The van der Waals surface area contributed by atoms with E-state index in [2.05, 4.69) is 10.0 Å². The van der Waals surface area contributed by atoms with Gasteiger partial charge in [-0.05, 0) is 37.6 Å². The van der Waals surface area contributed by atoms with Crippen LogP contribution in [-0.4, -0.2) is 50.8 Å². The highest BCUT2D eigenvalue weighted by molar-refractivity contribution is 7.89. The van der Waals surface area contributed by atoms with Crippen molar-refractivity contribution in [1.29, 1.82) is 0 Å². The zero-order valence-electron chi connectivity index (χ0n) is 13.5.